The molecule has 0 aliphatic carbocycles. The van der Waals surface area contributed by atoms with E-state index in [0.717, 1.165) is 42.3 Å². The first-order valence-electron chi connectivity index (χ1n) is 10.8. The van der Waals surface area contributed by atoms with E-state index in [4.69, 9.17) is 0 Å². The minimum Gasteiger partial charge on any atom is -0.206 e. The number of unbranched alkanes of at least 4 members (excludes halogenated alkanes) is 1. The third kappa shape index (κ3) is 4.82. The Morgan fingerprint density at radius 2 is 1.29 bits per heavy atom. The van der Waals surface area contributed by atoms with E-state index >= 15 is 4.39 Å². The molecule has 0 fully saturated rings. The highest BCUT2D eigenvalue weighted by atomic mass is 19.2. The van der Waals surface area contributed by atoms with Crippen molar-refractivity contribution in [2.75, 3.05) is 0 Å². The fourth-order valence-electron chi connectivity index (χ4n) is 3.93. The van der Waals surface area contributed by atoms with E-state index in [9.17, 15) is 8.78 Å². The smallest absolute Gasteiger partial charge is 0.159 e. The summed E-state index contributed by atoms with van der Waals surface area (Å²) in [5, 5.41) is 1.28. The summed E-state index contributed by atoms with van der Waals surface area (Å²) < 4.78 is 41.9. The predicted octanol–water partition coefficient (Wildman–Crippen LogP) is 8.05. The molecule has 0 saturated heterocycles. The molecular weight excluding hydrogens is 393 g/mol. The van der Waals surface area contributed by atoms with Crippen LogP contribution in [0.25, 0.3) is 21.9 Å². The van der Waals surface area contributed by atoms with Crippen LogP contribution in [0.1, 0.15) is 36.5 Å². The topological polar surface area (TPSA) is 0 Å². The Morgan fingerprint density at radius 3 is 2.00 bits per heavy atom. The monoisotopic (exact) mass is 418 g/mol. The van der Waals surface area contributed by atoms with Crippen molar-refractivity contribution in [3.05, 3.63) is 107 Å². The van der Waals surface area contributed by atoms with Crippen LogP contribution < -0.4 is 0 Å². The van der Waals surface area contributed by atoms with Gasteiger partial charge in [0, 0.05) is 10.9 Å². The van der Waals surface area contributed by atoms with Crippen molar-refractivity contribution in [2.45, 2.75) is 39.0 Å². The normalized spacial score (nSPS) is 11.2. The van der Waals surface area contributed by atoms with Crippen molar-refractivity contribution < 1.29 is 13.2 Å². The summed E-state index contributed by atoms with van der Waals surface area (Å²) >= 11 is 0. The lowest BCUT2D eigenvalue weighted by atomic mass is 9.97. The summed E-state index contributed by atoms with van der Waals surface area (Å²) in [6, 6.07) is 21.4. The molecular formula is C28H25F3. The minimum atomic E-state index is -0.981. The molecule has 4 rings (SSSR count). The Morgan fingerprint density at radius 1 is 0.613 bits per heavy atom. The molecule has 31 heavy (non-hydrogen) atoms. The first-order chi connectivity index (χ1) is 15.0. The molecule has 0 atom stereocenters. The van der Waals surface area contributed by atoms with Gasteiger partial charge in [0.1, 0.15) is 5.82 Å². The van der Waals surface area contributed by atoms with Crippen LogP contribution in [-0.2, 0) is 19.3 Å². The molecule has 4 aromatic rings. The fraction of sp³-hybridized carbons (Fsp3) is 0.214. The number of hydrogen-bond donors (Lipinski definition) is 0. The van der Waals surface area contributed by atoms with Crippen LogP contribution in [0, 0.1) is 17.5 Å². The number of hydrogen-bond acceptors (Lipinski definition) is 0. The Balaban J connectivity index is 1.51. The van der Waals surface area contributed by atoms with Crippen molar-refractivity contribution in [3.8, 4) is 11.1 Å². The van der Waals surface area contributed by atoms with Crippen LogP contribution in [0.15, 0.2) is 72.8 Å². The lowest BCUT2D eigenvalue weighted by Crippen LogP contribution is -1.94. The number of rotatable bonds is 7. The van der Waals surface area contributed by atoms with Crippen LogP contribution >= 0.6 is 0 Å². The van der Waals surface area contributed by atoms with Gasteiger partial charge in [0.05, 0.1) is 0 Å². The molecule has 0 unspecified atom stereocenters. The molecule has 0 nitrogen and oxygen atoms in total. The van der Waals surface area contributed by atoms with Crippen LogP contribution in [0.4, 0.5) is 13.2 Å². The zero-order valence-electron chi connectivity index (χ0n) is 17.6. The summed E-state index contributed by atoms with van der Waals surface area (Å²) in [4.78, 5) is 0. The van der Waals surface area contributed by atoms with Crippen molar-refractivity contribution in [1.82, 2.24) is 0 Å². The number of fused-ring (bicyclic) bond motifs is 1. The number of halogens is 3. The van der Waals surface area contributed by atoms with Gasteiger partial charge in [-0.15, -0.1) is 0 Å². The average Bonchev–Trinajstić information content (AvgIpc) is 2.79. The Bertz CT molecular complexity index is 1190. The molecule has 0 aliphatic rings. The van der Waals surface area contributed by atoms with E-state index < -0.39 is 17.5 Å². The summed E-state index contributed by atoms with van der Waals surface area (Å²) in [6.07, 6.45) is 5.34. The second-order valence-electron chi connectivity index (χ2n) is 8.03. The SMILES string of the molecule is CCCCc1ccc(CCc2ccc3c(F)c(-c4ccc(F)c(F)c4)ccc3c2)cc1. The second kappa shape index (κ2) is 9.38. The van der Waals surface area contributed by atoms with E-state index in [-0.39, 0.29) is 5.56 Å². The highest BCUT2D eigenvalue weighted by Crippen LogP contribution is 2.30. The van der Waals surface area contributed by atoms with Crippen LogP contribution in [0.2, 0.25) is 0 Å². The Kier molecular flexibility index (Phi) is 6.41. The van der Waals surface area contributed by atoms with Gasteiger partial charge in [0.2, 0.25) is 0 Å². The zero-order chi connectivity index (χ0) is 21.8. The van der Waals surface area contributed by atoms with Gasteiger partial charge < -0.3 is 0 Å². The van der Waals surface area contributed by atoms with Gasteiger partial charge in [0.15, 0.2) is 11.6 Å². The van der Waals surface area contributed by atoms with Gasteiger partial charge in [-0.05, 0) is 65.5 Å². The molecule has 0 amide bonds. The lowest BCUT2D eigenvalue weighted by molar-refractivity contribution is 0.509. The molecule has 0 aromatic heterocycles. The van der Waals surface area contributed by atoms with Crippen LogP contribution in [0.3, 0.4) is 0 Å². The highest BCUT2D eigenvalue weighted by molar-refractivity contribution is 5.88. The zero-order valence-corrected chi connectivity index (χ0v) is 17.6. The van der Waals surface area contributed by atoms with Crippen LogP contribution in [0.5, 0.6) is 0 Å². The Hall–Kier alpha value is -3.07. The van der Waals surface area contributed by atoms with Crippen molar-refractivity contribution in [2.24, 2.45) is 0 Å². The van der Waals surface area contributed by atoms with E-state index in [2.05, 4.69) is 31.2 Å². The third-order valence-electron chi connectivity index (χ3n) is 5.79. The maximum Gasteiger partial charge on any atom is 0.159 e. The fourth-order valence-corrected chi connectivity index (χ4v) is 3.93. The van der Waals surface area contributed by atoms with E-state index in [0.29, 0.717) is 10.9 Å². The van der Waals surface area contributed by atoms with Crippen molar-refractivity contribution in [1.29, 1.82) is 0 Å². The molecule has 0 spiro atoms. The largest absolute Gasteiger partial charge is 0.206 e. The lowest BCUT2D eigenvalue weighted by Gasteiger charge is -2.10. The molecule has 0 aliphatic heterocycles. The molecule has 0 saturated carbocycles. The van der Waals surface area contributed by atoms with Gasteiger partial charge in [-0.25, -0.2) is 13.2 Å². The maximum atomic E-state index is 15.1. The summed E-state index contributed by atoms with van der Waals surface area (Å²) in [5.74, 6) is -2.34. The minimum absolute atomic E-state index is 0.266. The predicted molar refractivity (Wildman–Crippen MR) is 122 cm³/mol. The van der Waals surface area contributed by atoms with Gasteiger partial charge in [0.25, 0.3) is 0 Å². The third-order valence-corrected chi connectivity index (χ3v) is 5.79. The first kappa shape index (κ1) is 21.2. The van der Waals surface area contributed by atoms with E-state index in [1.54, 1.807) is 12.1 Å². The quantitative estimate of drug-likeness (QED) is 0.285. The molecule has 0 N–H and O–H groups in total. The molecule has 0 heterocycles. The van der Waals surface area contributed by atoms with Gasteiger partial charge >= 0.3 is 0 Å². The van der Waals surface area contributed by atoms with Gasteiger partial charge in [-0.3, -0.25) is 0 Å². The van der Waals surface area contributed by atoms with E-state index in [1.165, 1.54) is 30.0 Å². The van der Waals surface area contributed by atoms with Gasteiger partial charge in [-0.2, -0.15) is 0 Å². The number of aryl methyl sites for hydroxylation is 3. The molecule has 158 valence electrons. The van der Waals surface area contributed by atoms with Crippen LogP contribution in [-0.4, -0.2) is 0 Å². The molecule has 0 bridgehead atoms. The molecule has 3 heteroatoms. The van der Waals surface area contributed by atoms with Gasteiger partial charge in [-0.1, -0.05) is 74.0 Å². The average molecular weight is 419 g/mol. The summed E-state index contributed by atoms with van der Waals surface area (Å²) in [6.45, 7) is 2.20. The first-order valence-corrected chi connectivity index (χ1v) is 10.8. The Labute approximate surface area is 181 Å². The molecule has 4 aromatic carbocycles. The molecule has 0 radical (unpaired) electrons. The number of benzene rings is 4. The van der Waals surface area contributed by atoms with E-state index in [1.807, 2.05) is 18.2 Å². The second-order valence-corrected chi connectivity index (χ2v) is 8.03. The standard InChI is InChI=1S/C28H25F3/c1-2-3-4-19-5-7-20(8-6-19)9-10-21-11-14-24-22(17-21)12-15-25(28(24)31)23-13-16-26(29)27(30)18-23/h5-8,11-18H,2-4,9-10H2,1H3. The summed E-state index contributed by atoms with van der Waals surface area (Å²) in [7, 11) is 0. The summed E-state index contributed by atoms with van der Waals surface area (Å²) in [5.41, 5.74) is 4.40. The highest BCUT2D eigenvalue weighted by Gasteiger charge is 2.12. The van der Waals surface area contributed by atoms with Crippen molar-refractivity contribution in [3.63, 3.8) is 0 Å². The van der Waals surface area contributed by atoms with Crippen molar-refractivity contribution >= 4 is 10.8 Å². The maximum absolute atomic E-state index is 15.1.